The van der Waals surface area contributed by atoms with Gasteiger partial charge in [0.1, 0.15) is 24.0 Å². The molecule has 0 aliphatic carbocycles. The highest BCUT2D eigenvalue weighted by molar-refractivity contribution is 9.10. The van der Waals surface area contributed by atoms with Gasteiger partial charge in [-0.1, -0.05) is 51.3 Å². The fourth-order valence-corrected chi connectivity index (χ4v) is 3.44. The smallest absolute Gasteiger partial charge is 0.271 e. The van der Waals surface area contributed by atoms with Crippen molar-refractivity contribution >= 4 is 62.5 Å². The molecule has 0 heterocycles. The SMILES string of the molecule is N#CC(=Cc1cc(Br)ccc1OCc1ccc(Cl)cc1)C(=O)Nc1ccc([N+](=O)[O-])cc1Cl. The molecule has 1 N–H and O–H groups in total. The molecular formula is C23H14BrCl2N3O4. The molecule has 10 heteroatoms. The molecule has 0 aliphatic heterocycles. The predicted octanol–water partition coefficient (Wildman–Crippen LogP) is 6.79. The Labute approximate surface area is 207 Å². The summed E-state index contributed by atoms with van der Waals surface area (Å²) in [7, 11) is 0. The van der Waals surface area contributed by atoms with Crippen molar-refractivity contribution < 1.29 is 14.5 Å². The number of nitro groups is 1. The van der Waals surface area contributed by atoms with Crippen LogP contribution in [0.5, 0.6) is 5.75 Å². The van der Waals surface area contributed by atoms with Gasteiger partial charge in [-0.05, 0) is 48.0 Å². The van der Waals surface area contributed by atoms with E-state index in [1.54, 1.807) is 30.3 Å². The molecule has 0 bridgehead atoms. The van der Waals surface area contributed by atoms with E-state index < -0.39 is 10.8 Å². The first kappa shape index (κ1) is 24.3. The number of non-ortho nitro benzene ring substituents is 1. The number of carbonyl (C=O) groups excluding carboxylic acids is 1. The lowest BCUT2D eigenvalue weighted by atomic mass is 10.1. The van der Waals surface area contributed by atoms with E-state index >= 15 is 0 Å². The number of benzene rings is 3. The average molecular weight is 547 g/mol. The summed E-state index contributed by atoms with van der Waals surface area (Å²) >= 11 is 15.3. The Morgan fingerprint density at radius 3 is 2.52 bits per heavy atom. The second-order valence-corrected chi connectivity index (χ2v) is 8.40. The third kappa shape index (κ3) is 6.56. The third-order valence-corrected chi connectivity index (χ3v) is 5.41. The number of halogens is 3. The van der Waals surface area contributed by atoms with Crippen LogP contribution in [0.4, 0.5) is 11.4 Å². The lowest BCUT2D eigenvalue weighted by Gasteiger charge is -2.11. The standard InChI is InChI=1S/C23H14BrCl2N3O4/c24-17-3-8-22(33-13-14-1-4-18(25)5-2-14)15(10-17)9-16(12-27)23(30)28-21-7-6-19(29(31)32)11-20(21)26/h1-11H,13H2,(H,28,30). The zero-order valence-corrected chi connectivity index (χ0v) is 19.8. The van der Waals surface area contributed by atoms with Gasteiger partial charge in [0.15, 0.2) is 0 Å². The number of carbonyl (C=O) groups is 1. The Kier molecular flexibility index (Phi) is 8.06. The number of anilines is 1. The van der Waals surface area contributed by atoms with E-state index in [-0.39, 0.29) is 28.6 Å². The van der Waals surface area contributed by atoms with Gasteiger partial charge in [-0.15, -0.1) is 0 Å². The molecule has 0 aliphatic rings. The molecule has 3 rings (SSSR count). The highest BCUT2D eigenvalue weighted by Crippen LogP contribution is 2.29. The summed E-state index contributed by atoms with van der Waals surface area (Å²) in [4.78, 5) is 22.9. The molecular weight excluding hydrogens is 533 g/mol. The van der Waals surface area contributed by atoms with Crippen LogP contribution in [0.3, 0.4) is 0 Å². The van der Waals surface area contributed by atoms with E-state index in [1.807, 2.05) is 18.2 Å². The zero-order chi connectivity index (χ0) is 24.0. The van der Waals surface area contributed by atoms with Crippen molar-refractivity contribution in [1.29, 1.82) is 5.26 Å². The summed E-state index contributed by atoms with van der Waals surface area (Å²) in [5.41, 5.74) is 1.11. The van der Waals surface area contributed by atoms with Gasteiger partial charge in [-0.2, -0.15) is 5.26 Å². The lowest BCUT2D eigenvalue weighted by molar-refractivity contribution is -0.384. The van der Waals surface area contributed by atoms with Gasteiger partial charge in [0.05, 0.1) is 15.6 Å². The van der Waals surface area contributed by atoms with Crippen LogP contribution in [0.2, 0.25) is 10.0 Å². The Balaban J connectivity index is 1.83. The van der Waals surface area contributed by atoms with Crippen LogP contribution in [-0.4, -0.2) is 10.8 Å². The first-order valence-electron chi connectivity index (χ1n) is 9.30. The molecule has 7 nitrogen and oxygen atoms in total. The maximum absolute atomic E-state index is 12.7. The molecule has 3 aromatic rings. The van der Waals surface area contributed by atoms with E-state index in [9.17, 15) is 20.2 Å². The van der Waals surface area contributed by atoms with E-state index in [0.717, 1.165) is 16.1 Å². The van der Waals surface area contributed by atoms with E-state index in [4.69, 9.17) is 27.9 Å². The van der Waals surface area contributed by atoms with Gasteiger partial charge >= 0.3 is 0 Å². The molecule has 0 radical (unpaired) electrons. The van der Waals surface area contributed by atoms with Gasteiger partial charge < -0.3 is 10.1 Å². The minimum atomic E-state index is -0.725. The lowest BCUT2D eigenvalue weighted by Crippen LogP contribution is -2.14. The summed E-state index contributed by atoms with van der Waals surface area (Å²) in [6.07, 6.45) is 1.39. The highest BCUT2D eigenvalue weighted by atomic mass is 79.9. The number of rotatable bonds is 7. The number of amides is 1. The number of nitro benzene ring substituents is 1. The Bertz CT molecular complexity index is 1290. The van der Waals surface area contributed by atoms with Crippen molar-refractivity contribution in [1.82, 2.24) is 0 Å². The van der Waals surface area contributed by atoms with Crippen molar-refractivity contribution in [3.8, 4) is 11.8 Å². The minimum absolute atomic E-state index is 0.0238. The second kappa shape index (κ2) is 11.0. The van der Waals surface area contributed by atoms with Crippen LogP contribution in [0.25, 0.3) is 6.08 Å². The zero-order valence-electron chi connectivity index (χ0n) is 16.7. The monoisotopic (exact) mass is 545 g/mol. The van der Waals surface area contributed by atoms with Crippen LogP contribution >= 0.6 is 39.1 Å². The van der Waals surface area contributed by atoms with Gasteiger partial charge in [0.2, 0.25) is 0 Å². The quantitative estimate of drug-likeness (QED) is 0.152. The van der Waals surface area contributed by atoms with Gasteiger partial charge in [-0.3, -0.25) is 14.9 Å². The largest absolute Gasteiger partial charge is 0.488 e. The molecule has 3 aromatic carbocycles. The van der Waals surface area contributed by atoms with Crippen LogP contribution < -0.4 is 10.1 Å². The molecule has 166 valence electrons. The number of hydrogen-bond donors (Lipinski definition) is 1. The maximum Gasteiger partial charge on any atom is 0.271 e. The summed E-state index contributed by atoms with van der Waals surface area (Å²) in [5.74, 6) is -0.265. The molecule has 0 saturated carbocycles. The molecule has 1 amide bonds. The summed E-state index contributed by atoms with van der Waals surface area (Å²) < 4.78 is 6.61. The minimum Gasteiger partial charge on any atom is -0.488 e. The van der Waals surface area contributed by atoms with E-state index in [2.05, 4.69) is 21.2 Å². The molecule has 0 fully saturated rings. The normalized spacial score (nSPS) is 10.9. The fourth-order valence-electron chi connectivity index (χ4n) is 2.72. The van der Waals surface area contributed by atoms with Crippen LogP contribution in [0.15, 0.2) is 70.7 Å². The molecule has 0 spiro atoms. The Morgan fingerprint density at radius 1 is 1.15 bits per heavy atom. The first-order chi connectivity index (χ1) is 15.8. The Morgan fingerprint density at radius 2 is 1.88 bits per heavy atom. The van der Waals surface area contributed by atoms with E-state index in [1.165, 1.54) is 18.2 Å². The summed E-state index contributed by atoms with van der Waals surface area (Å²) in [6, 6.07) is 17.8. The molecule has 0 unspecified atom stereocenters. The molecule has 0 aromatic heterocycles. The maximum atomic E-state index is 12.7. The van der Waals surface area contributed by atoms with Crippen LogP contribution in [0.1, 0.15) is 11.1 Å². The molecule has 0 atom stereocenters. The van der Waals surface area contributed by atoms with Crippen LogP contribution in [0, 0.1) is 21.4 Å². The topological polar surface area (TPSA) is 105 Å². The van der Waals surface area contributed by atoms with Gasteiger partial charge in [-0.25, -0.2) is 0 Å². The van der Waals surface area contributed by atoms with Crippen molar-refractivity contribution in [3.63, 3.8) is 0 Å². The summed E-state index contributed by atoms with van der Waals surface area (Å²) in [5, 5.41) is 23.5. The number of nitrogens with one attached hydrogen (secondary N) is 1. The van der Waals surface area contributed by atoms with Crippen molar-refractivity contribution in [2.45, 2.75) is 6.61 Å². The highest BCUT2D eigenvalue weighted by Gasteiger charge is 2.15. The van der Waals surface area contributed by atoms with Crippen LogP contribution in [-0.2, 0) is 11.4 Å². The van der Waals surface area contributed by atoms with Gasteiger partial charge in [0.25, 0.3) is 11.6 Å². The number of ether oxygens (including phenoxy) is 1. The van der Waals surface area contributed by atoms with Crippen molar-refractivity contribution in [2.24, 2.45) is 0 Å². The van der Waals surface area contributed by atoms with Crippen molar-refractivity contribution in [3.05, 3.63) is 102 Å². The predicted molar refractivity (Wildman–Crippen MR) is 130 cm³/mol. The third-order valence-electron chi connectivity index (χ3n) is 4.36. The fraction of sp³-hybridized carbons (Fsp3) is 0.0435. The van der Waals surface area contributed by atoms with E-state index in [0.29, 0.717) is 16.3 Å². The number of hydrogen-bond acceptors (Lipinski definition) is 5. The number of nitriles is 1. The first-order valence-corrected chi connectivity index (χ1v) is 10.9. The number of nitrogens with zero attached hydrogens (tertiary/aromatic N) is 2. The molecule has 0 saturated heterocycles. The van der Waals surface area contributed by atoms with Crippen molar-refractivity contribution in [2.75, 3.05) is 5.32 Å². The summed E-state index contributed by atoms with van der Waals surface area (Å²) in [6.45, 7) is 0.256. The average Bonchev–Trinajstić information content (AvgIpc) is 2.79. The second-order valence-electron chi connectivity index (χ2n) is 6.64. The van der Waals surface area contributed by atoms with Gasteiger partial charge in [0, 0.05) is 27.2 Å². The molecule has 33 heavy (non-hydrogen) atoms. The Hall–Kier alpha value is -3.38.